The van der Waals surface area contributed by atoms with Crippen molar-refractivity contribution in [3.05, 3.63) is 33.3 Å². The first-order chi connectivity index (χ1) is 8.61. The predicted octanol–water partition coefficient (Wildman–Crippen LogP) is 2.95. The molecule has 0 aliphatic carbocycles. The van der Waals surface area contributed by atoms with E-state index in [1.807, 2.05) is 6.07 Å². The zero-order valence-corrected chi connectivity index (χ0v) is 12.2. The van der Waals surface area contributed by atoms with Gasteiger partial charge in [0.15, 0.2) is 0 Å². The molecule has 1 aliphatic heterocycles. The number of carbonyl (C=O) groups excluding carboxylic acids is 1. The van der Waals surface area contributed by atoms with Gasteiger partial charge in [0.05, 0.1) is 10.6 Å². The Morgan fingerprint density at radius 1 is 1.56 bits per heavy atom. The molecule has 2 rings (SSSR count). The van der Waals surface area contributed by atoms with E-state index in [4.69, 9.17) is 11.6 Å². The van der Waals surface area contributed by atoms with Crippen molar-refractivity contribution in [2.45, 2.75) is 12.8 Å². The Balaban J connectivity index is 2.15. The standard InChI is InChI=1S/C13H15BrClNO2/c14-10-3-4-11(12(15)6-10)13(18)16-5-1-2-9(7-16)8-17/h3-4,6,9,17H,1-2,5,7-8H2. The number of aliphatic hydroxyl groups excluding tert-OH is 1. The van der Waals surface area contributed by atoms with Crippen molar-refractivity contribution >= 4 is 33.4 Å². The molecule has 1 heterocycles. The average Bonchev–Trinajstić information content (AvgIpc) is 2.38. The molecule has 1 amide bonds. The van der Waals surface area contributed by atoms with Gasteiger partial charge in [0.25, 0.3) is 5.91 Å². The van der Waals surface area contributed by atoms with E-state index in [2.05, 4.69) is 15.9 Å². The Morgan fingerprint density at radius 3 is 3.00 bits per heavy atom. The quantitative estimate of drug-likeness (QED) is 0.904. The Morgan fingerprint density at radius 2 is 2.33 bits per heavy atom. The summed E-state index contributed by atoms with van der Waals surface area (Å²) in [7, 11) is 0. The number of hydrogen-bond donors (Lipinski definition) is 1. The van der Waals surface area contributed by atoms with Crippen LogP contribution >= 0.6 is 27.5 Å². The van der Waals surface area contributed by atoms with Gasteiger partial charge < -0.3 is 10.0 Å². The first-order valence-electron chi connectivity index (χ1n) is 5.97. The van der Waals surface area contributed by atoms with Crippen molar-refractivity contribution in [2.24, 2.45) is 5.92 Å². The number of carbonyl (C=O) groups is 1. The number of benzene rings is 1. The van der Waals surface area contributed by atoms with Gasteiger partial charge >= 0.3 is 0 Å². The van der Waals surface area contributed by atoms with Gasteiger partial charge in [-0.25, -0.2) is 0 Å². The summed E-state index contributed by atoms with van der Waals surface area (Å²) in [5, 5.41) is 9.64. The summed E-state index contributed by atoms with van der Waals surface area (Å²) in [6.07, 6.45) is 1.92. The summed E-state index contributed by atoms with van der Waals surface area (Å²) >= 11 is 9.41. The molecule has 5 heteroatoms. The van der Waals surface area contributed by atoms with E-state index in [-0.39, 0.29) is 18.4 Å². The predicted molar refractivity (Wildman–Crippen MR) is 74.9 cm³/mol. The van der Waals surface area contributed by atoms with Crippen molar-refractivity contribution in [1.29, 1.82) is 0 Å². The van der Waals surface area contributed by atoms with E-state index < -0.39 is 0 Å². The lowest BCUT2D eigenvalue weighted by atomic mass is 9.98. The molecule has 0 aromatic heterocycles. The summed E-state index contributed by atoms with van der Waals surface area (Å²) in [5.41, 5.74) is 0.526. The maximum Gasteiger partial charge on any atom is 0.255 e. The molecule has 0 spiro atoms. The van der Waals surface area contributed by atoms with Crippen molar-refractivity contribution in [1.82, 2.24) is 4.90 Å². The van der Waals surface area contributed by atoms with Crippen molar-refractivity contribution < 1.29 is 9.90 Å². The molecular formula is C13H15BrClNO2. The zero-order chi connectivity index (χ0) is 13.1. The number of hydrogen-bond acceptors (Lipinski definition) is 2. The number of amides is 1. The molecule has 1 aromatic rings. The molecule has 1 aliphatic rings. The van der Waals surface area contributed by atoms with Crippen LogP contribution in [-0.2, 0) is 0 Å². The maximum absolute atomic E-state index is 12.3. The van der Waals surface area contributed by atoms with Crippen LogP contribution < -0.4 is 0 Å². The van der Waals surface area contributed by atoms with Crippen molar-refractivity contribution in [3.8, 4) is 0 Å². The minimum absolute atomic E-state index is 0.0503. The topological polar surface area (TPSA) is 40.5 Å². The van der Waals surface area contributed by atoms with Crippen LogP contribution in [0.25, 0.3) is 0 Å². The van der Waals surface area contributed by atoms with Crippen LogP contribution in [0, 0.1) is 5.92 Å². The van der Waals surface area contributed by atoms with Gasteiger partial charge in [-0.15, -0.1) is 0 Å². The Bertz CT molecular complexity index is 453. The SMILES string of the molecule is O=C(c1ccc(Br)cc1Cl)N1CCCC(CO)C1. The lowest BCUT2D eigenvalue weighted by molar-refractivity contribution is 0.0621. The van der Waals surface area contributed by atoms with Gasteiger partial charge in [0, 0.05) is 24.2 Å². The Hall–Kier alpha value is -0.580. The molecule has 1 saturated heterocycles. The van der Waals surface area contributed by atoms with Crippen molar-refractivity contribution in [3.63, 3.8) is 0 Å². The van der Waals surface area contributed by atoms with Crippen LogP contribution in [0.1, 0.15) is 23.2 Å². The van der Waals surface area contributed by atoms with Gasteiger partial charge in [0.1, 0.15) is 0 Å². The van der Waals surface area contributed by atoms with E-state index in [9.17, 15) is 9.90 Å². The molecular weight excluding hydrogens is 318 g/mol. The van der Waals surface area contributed by atoms with E-state index in [1.54, 1.807) is 17.0 Å². The third-order valence-electron chi connectivity index (χ3n) is 3.23. The first-order valence-corrected chi connectivity index (χ1v) is 7.14. The number of rotatable bonds is 2. The summed E-state index contributed by atoms with van der Waals surface area (Å²) in [5.74, 6) is 0.141. The van der Waals surface area contributed by atoms with Crippen LogP contribution in [0.15, 0.2) is 22.7 Å². The van der Waals surface area contributed by atoms with Gasteiger partial charge in [-0.3, -0.25) is 4.79 Å². The normalized spacial score (nSPS) is 19.9. The molecule has 0 bridgehead atoms. The summed E-state index contributed by atoms with van der Waals surface area (Å²) in [6, 6.07) is 5.27. The number of halogens is 2. The lowest BCUT2D eigenvalue weighted by Gasteiger charge is -2.32. The third-order valence-corrected chi connectivity index (χ3v) is 4.03. The van der Waals surface area contributed by atoms with E-state index in [0.717, 1.165) is 23.9 Å². The zero-order valence-electron chi connectivity index (χ0n) is 9.90. The smallest absolute Gasteiger partial charge is 0.255 e. The second kappa shape index (κ2) is 6.04. The van der Waals surface area contributed by atoms with Gasteiger partial charge in [-0.2, -0.15) is 0 Å². The van der Waals surface area contributed by atoms with Gasteiger partial charge in [-0.05, 0) is 37.0 Å². The van der Waals surface area contributed by atoms with Gasteiger partial charge in [-0.1, -0.05) is 27.5 Å². The Kier molecular flexibility index (Phi) is 4.65. The fourth-order valence-electron chi connectivity index (χ4n) is 2.23. The number of aliphatic hydroxyl groups is 1. The average molecular weight is 333 g/mol. The maximum atomic E-state index is 12.3. The molecule has 3 nitrogen and oxygen atoms in total. The van der Waals surface area contributed by atoms with Crippen LogP contribution in [0.4, 0.5) is 0 Å². The molecule has 1 N–H and O–H groups in total. The highest BCUT2D eigenvalue weighted by Crippen LogP contribution is 2.24. The third kappa shape index (κ3) is 3.05. The second-order valence-electron chi connectivity index (χ2n) is 4.57. The van der Waals surface area contributed by atoms with Crippen LogP contribution in [0.3, 0.4) is 0 Å². The van der Waals surface area contributed by atoms with E-state index >= 15 is 0 Å². The monoisotopic (exact) mass is 331 g/mol. The molecule has 1 fully saturated rings. The van der Waals surface area contributed by atoms with Crippen LogP contribution in [0.2, 0.25) is 5.02 Å². The van der Waals surface area contributed by atoms with Crippen molar-refractivity contribution in [2.75, 3.05) is 19.7 Å². The molecule has 0 radical (unpaired) electrons. The highest BCUT2D eigenvalue weighted by molar-refractivity contribution is 9.10. The number of likely N-dealkylation sites (tertiary alicyclic amines) is 1. The molecule has 1 atom stereocenters. The number of piperidine rings is 1. The molecule has 1 aromatic carbocycles. The lowest BCUT2D eigenvalue weighted by Crippen LogP contribution is -2.41. The van der Waals surface area contributed by atoms with Crippen LogP contribution in [-0.4, -0.2) is 35.6 Å². The highest BCUT2D eigenvalue weighted by atomic mass is 79.9. The number of nitrogens with zero attached hydrogens (tertiary/aromatic N) is 1. The fraction of sp³-hybridized carbons (Fsp3) is 0.462. The van der Waals surface area contributed by atoms with E-state index in [1.165, 1.54) is 0 Å². The summed E-state index contributed by atoms with van der Waals surface area (Å²) < 4.78 is 0.857. The largest absolute Gasteiger partial charge is 0.396 e. The van der Waals surface area contributed by atoms with E-state index in [0.29, 0.717) is 17.1 Å². The minimum atomic E-state index is -0.0503. The Labute approximate surface area is 120 Å². The highest BCUT2D eigenvalue weighted by Gasteiger charge is 2.25. The minimum Gasteiger partial charge on any atom is -0.396 e. The molecule has 18 heavy (non-hydrogen) atoms. The van der Waals surface area contributed by atoms with Gasteiger partial charge in [0.2, 0.25) is 0 Å². The molecule has 1 unspecified atom stereocenters. The second-order valence-corrected chi connectivity index (χ2v) is 5.89. The first kappa shape index (κ1) is 13.8. The summed E-state index contributed by atoms with van der Waals surface area (Å²) in [4.78, 5) is 14.1. The van der Waals surface area contributed by atoms with Crippen LogP contribution in [0.5, 0.6) is 0 Å². The molecule has 0 saturated carbocycles. The summed E-state index contributed by atoms with van der Waals surface area (Å²) in [6.45, 7) is 1.49. The fourth-order valence-corrected chi connectivity index (χ4v) is 2.99. The molecule has 98 valence electrons.